The summed E-state index contributed by atoms with van der Waals surface area (Å²) in [6, 6.07) is 15.2. The third kappa shape index (κ3) is 10.3. The molecule has 0 radical (unpaired) electrons. The number of ether oxygens (including phenoxy) is 2. The normalized spacial score (nSPS) is 10.8. The molecule has 2 aromatic rings. The lowest BCUT2D eigenvalue weighted by Crippen LogP contribution is -2.24. The van der Waals surface area contributed by atoms with Gasteiger partial charge in [0.05, 0.1) is 12.8 Å². The second-order valence-corrected chi connectivity index (χ2v) is 7.97. The lowest BCUT2D eigenvalue weighted by atomic mass is 10.1. The van der Waals surface area contributed by atoms with Gasteiger partial charge in [-0.15, -0.1) is 0 Å². The minimum atomic E-state index is -0.307. The van der Waals surface area contributed by atoms with Crippen molar-refractivity contribution in [2.75, 3.05) is 13.2 Å². The Balaban J connectivity index is 1.62. The van der Waals surface area contributed by atoms with Crippen molar-refractivity contribution in [1.82, 2.24) is 5.43 Å². The molecule has 29 heavy (non-hydrogen) atoms. The second-order valence-electron chi connectivity index (χ2n) is 6.72. The lowest BCUT2D eigenvalue weighted by molar-refractivity contribution is -0.123. The summed E-state index contributed by atoms with van der Waals surface area (Å²) in [5, 5.41) is 3.96. The van der Waals surface area contributed by atoms with Gasteiger partial charge >= 0.3 is 0 Å². The van der Waals surface area contributed by atoms with Crippen molar-refractivity contribution < 1.29 is 14.3 Å². The van der Waals surface area contributed by atoms with Crippen molar-refractivity contribution in [2.24, 2.45) is 5.10 Å². The lowest BCUT2D eigenvalue weighted by Gasteiger charge is -2.06. The van der Waals surface area contributed by atoms with E-state index in [-0.39, 0.29) is 12.5 Å². The number of halogens is 1. The van der Waals surface area contributed by atoms with Crippen molar-refractivity contribution in [2.45, 2.75) is 45.4 Å². The van der Waals surface area contributed by atoms with Gasteiger partial charge in [0.1, 0.15) is 11.5 Å². The topological polar surface area (TPSA) is 59.9 Å². The number of carbonyl (C=O) groups excluding carboxylic acids is 1. The SMILES string of the molecule is CCCCCCCCOc1ccc(/C=N\NC(=O)COc2ccc(I)cc2)cc1. The van der Waals surface area contributed by atoms with Crippen LogP contribution in [-0.4, -0.2) is 25.3 Å². The van der Waals surface area contributed by atoms with Crippen LogP contribution in [0.15, 0.2) is 53.6 Å². The first-order valence-corrected chi connectivity index (χ1v) is 11.2. The molecule has 0 aromatic heterocycles. The number of unbranched alkanes of at least 4 members (excludes halogenated alkanes) is 5. The van der Waals surface area contributed by atoms with Crippen LogP contribution in [0.25, 0.3) is 0 Å². The van der Waals surface area contributed by atoms with Crippen molar-refractivity contribution in [3.05, 3.63) is 57.7 Å². The predicted molar refractivity (Wildman–Crippen MR) is 126 cm³/mol. The maximum absolute atomic E-state index is 11.8. The molecular formula is C23H29IN2O3. The number of benzene rings is 2. The van der Waals surface area contributed by atoms with Gasteiger partial charge in [-0.2, -0.15) is 5.10 Å². The third-order valence-corrected chi connectivity index (χ3v) is 4.95. The maximum atomic E-state index is 11.8. The zero-order chi connectivity index (χ0) is 20.7. The summed E-state index contributed by atoms with van der Waals surface area (Å²) >= 11 is 2.22. The highest BCUT2D eigenvalue weighted by Gasteiger charge is 2.01. The van der Waals surface area contributed by atoms with E-state index >= 15 is 0 Å². The highest BCUT2D eigenvalue weighted by atomic mass is 127. The Labute approximate surface area is 187 Å². The number of hydrogen-bond acceptors (Lipinski definition) is 4. The van der Waals surface area contributed by atoms with E-state index in [1.807, 2.05) is 48.5 Å². The molecule has 0 atom stereocenters. The molecule has 0 saturated heterocycles. The molecule has 6 heteroatoms. The highest BCUT2D eigenvalue weighted by Crippen LogP contribution is 2.14. The first kappa shape index (κ1) is 23.2. The Morgan fingerprint density at radius 3 is 2.28 bits per heavy atom. The van der Waals surface area contributed by atoms with Crippen LogP contribution in [0.3, 0.4) is 0 Å². The Kier molecular flexibility index (Phi) is 11.2. The quantitative estimate of drug-likeness (QED) is 0.167. The smallest absolute Gasteiger partial charge is 0.277 e. The molecule has 0 aliphatic carbocycles. The summed E-state index contributed by atoms with van der Waals surface area (Å²) in [5.41, 5.74) is 3.35. The molecule has 0 bridgehead atoms. The van der Waals surface area contributed by atoms with E-state index in [0.717, 1.165) is 27.9 Å². The molecule has 0 saturated carbocycles. The minimum Gasteiger partial charge on any atom is -0.494 e. The molecule has 1 amide bonds. The van der Waals surface area contributed by atoms with Gasteiger partial charge in [-0.05, 0) is 83.1 Å². The Morgan fingerprint density at radius 2 is 1.55 bits per heavy atom. The molecular weight excluding hydrogens is 479 g/mol. The molecule has 0 unspecified atom stereocenters. The van der Waals surface area contributed by atoms with E-state index in [1.165, 1.54) is 32.1 Å². The van der Waals surface area contributed by atoms with E-state index in [1.54, 1.807) is 6.21 Å². The van der Waals surface area contributed by atoms with Crippen LogP contribution < -0.4 is 14.9 Å². The Morgan fingerprint density at radius 1 is 0.931 bits per heavy atom. The number of nitrogens with one attached hydrogen (secondary N) is 1. The summed E-state index contributed by atoms with van der Waals surface area (Å²) in [6.45, 7) is 2.89. The minimum absolute atomic E-state index is 0.0802. The average Bonchev–Trinajstić information content (AvgIpc) is 2.74. The number of amides is 1. The zero-order valence-corrected chi connectivity index (χ0v) is 19.1. The molecule has 2 rings (SSSR count). The molecule has 0 aliphatic rings. The van der Waals surface area contributed by atoms with Crippen LogP contribution in [0.1, 0.15) is 51.0 Å². The van der Waals surface area contributed by atoms with Crippen LogP contribution in [0.2, 0.25) is 0 Å². The number of hydrogen-bond donors (Lipinski definition) is 1. The monoisotopic (exact) mass is 508 g/mol. The van der Waals surface area contributed by atoms with Gasteiger partial charge in [0, 0.05) is 3.57 Å². The van der Waals surface area contributed by atoms with Gasteiger partial charge in [-0.25, -0.2) is 5.43 Å². The summed E-state index contributed by atoms with van der Waals surface area (Å²) in [4.78, 5) is 11.8. The number of nitrogens with zero attached hydrogens (tertiary/aromatic N) is 1. The zero-order valence-electron chi connectivity index (χ0n) is 16.9. The molecule has 0 aliphatic heterocycles. The Hall–Kier alpha value is -2.09. The van der Waals surface area contributed by atoms with E-state index in [9.17, 15) is 4.79 Å². The fraction of sp³-hybridized carbons (Fsp3) is 0.391. The van der Waals surface area contributed by atoms with Crippen LogP contribution in [0.4, 0.5) is 0 Å². The standard InChI is InChI=1S/C23H29IN2O3/c1-2-3-4-5-6-7-16-28-21-12-8-19(9-13-21)17-25-26-23(27)18-29-22-14-10-20(24)11-15-22/h8-15,17H,2-7,16,18H2,1H3,(H,26,27)/b25-17-. The summed E-state index contributed by atoms with van der Waals surface area (Å²) in [5.74, 6) is 1.20. The van der Waals surface area contributed by atoms with Crippen molar-refractivity contribution in [3.8, 4) is 11.5 Å². The van der Waals surface area contributed by atoms with Crippen LogP contribution >= 0.6 is 22.6 Å². The number of hydrazone groups is 1. The van der Waals surface area contributed by atoms with Gasteiger partial charge in [0.15, 0.2) is 6.61 Å². The molecule has 2 aromatic carbocycles. The van der Waals surface area contributed by atoms with Gasteiger partial charge in [0.2, 0.25) is 0 Å². The van der Waals surface area contributed by atoms with E-state index in [4.69, 9.17) is 9.47 Å². The van der Waals surface area contributed by atoms with Gasteiger partial charge in [0.25, 0.3) is 5.91 Å². The Bertz CT molecular complexity index is 746. The summed E-state index contributed by atoms with van der Waals surface area (Å²) < 4.78 is 12.3. The van der Waals surface area contributed by atoms with Gasteiger partial charge in [-0.1, -0.05) is 39.0 Å². The summed E-state index contributed by atoms with van der Waals surface area (Å²) in [7, 11) is 0. The van der Waals surface area contributed by atoms with Crippen LogP contribution in [0, 0.1) is 3.57 Å². The van der Waals surface area contributed by atoms with E-state index < -0.39 is 0 Å². The molecule has 156 valence electrons. The predicted octanol–water partition coefficient (Wildman–Crippen LogP) is 5.56. The first-order chi connectivity index (χ1) is 14.2. The molecule has 0 spiro atoms. The molecule has 0 heterocycles. The third-order valence-electron chi connectivity index (χ3n) is 4.23. The molecule has 5 nitrogen and oxygen atoms in total. The van der Waals surface area contributed by atoms with Gasteiger partial charge < -0.3 is 9.47 Å². The number of carbonyl (C=O) groups is 1. The second kappa shape index (κ2) is 14.0. The van der Waals surface area contributed by atoms with E-state index in [2.05, 4.69) is 40.0 Å². The van der Waals surface area contributed by atoms with Crippen LogP contribution in [-0.2, 0) is 4.79 Å². The number of rotatable bonds is 13. The van der Waals surface area contributed by atoms with Crippen molar-refractivity contribution in [3.63, 3.8) is 0 Å². The molecule has 0 fully saturated rings. The van der Waals surface area contributed by atoms with Crippen LogP contribution in [0.5, 0.6) is 11.5 Å². The molecule has 1 N–H and O–H groups in total. The fourth-order valence-electron chi connectivity index (χ4n) is 2.61. The fourth-order valence-corrected chi connectivity index (χ4v) is 2.97. The maximum Gasteiger partial charge on any atom is 0.277 e. The first-order valence-electron chi connectivity index (χ1n) is 10.1. The van der Waals surface area contributed by atoms with Crippen molar-refractivity contribution in [1.29, 1.82) is 0 Å². The highest BCUT2D eigenvalue weighted by molar-refractivity contribution is 14.1. The van der Waals surface area contributed by atoms with E-state index in [0.29, 0.717) is 5.75 Å². The largest absolute Gasteiger partial charge is 0.494 e. The van der Waals surface area contributed by atoms with Crippen molar-refractivity contribution >= 4 is 34.7 Å². The summed E-state index contributed by atoms with van der Waals surface area (Å²) in [6.07, 6.45) is 9.11. The average molecular weight is 508 g/mol. The van der Waals surface area contributed by atoms with Gasteiger partial charge in [-0.3, -0.25) is 4.79 Å².